The smallest absolute Gasteiger partial charge is 0.316 e. The number of carboxylic acids is 1. The Kier molecular flexibility index (Phi) is 4.49. The molecule has 4 nitrogen and oxygen atoms in total. The monoisotopic (exact) mass is 350 g/mol. The molecule has 2 atom stereocenters. The molecule has 5 heteroatoms. The lowest BCUT2D eigenvalue weighted by Crippen LogP contribution is -2.54. The number of hydrogen-bond acceptors (Lipinski definition) is 4. The largest absolute Gasteiger partial charge is 0.507 e. The van der Waals surface area contributed by atoms with Crippen LogP contribution in [0.15, 0.2) is 0 Å². The lowest BCUT2D eigenvalue weighted by atomic mass is 9.67. The van der Waals surface area contributed by atoms with Gasteiger partial charge in [-0.3, -0.25) is 4.79 Å². The lowest BCUT2D eigenvalue weighted by molar-refractivity contribution is -0.136. The van der Waals surface area contributed by atoms with Crippen LogP contribution in [0.2, 0.25) is 0 Å². The minimum absolute atomic E-state index is 0.140. The van der Waals surface area contributed by atoms with Crippen molar-refractivity contribution in [2.45, 2.75) is 64.2 Å². The van der Waals surface area contributed by atoms with Crippen LogP contribution in [-0.4, -0.2) is 32.8 Å². The van der Waals surface area contributed by atoms with E-state index >= 15 is 0 Å². The third kappa shape index (κ3) is 2.67. The molecule has 2 aliphatic rings. The molecule has 0 aromatic heterocycles. The number of rotatable bonds is 4. The van der Waals surface area contributed by atoms with Crippen LogP contribution in [0.4, 0.5) is 0 Å². The maximum atomic E-state index is 11.1. The summed E-state index contributed by atoms with van der Waals surface area (Å²) in [5.74, 6) is 1.63. The average Bonchev–Trinajstić information content (AvgIpc) is 2.53. The molecule has 1 saturated carbocycles. The third-order valence-electron chi connectivity index (χ3n) is 5.94. The molecule has 24 heavy (non-hydrogen) atoms. The van der Waals surface area contributed by atoms with Crippen molar-refractivity contribution >= 4 is 17.7 Å². The SMILES string of the molecule is Cc1c(C)c2c(c(C)c1O)CC(CSC(C)C(=O)O)C1(CCC1)O2. The van der Waals surface area contributed by atoms with Crippen molar-refractivity contribution in [1.82, 2.24) is 0 Å². The number of aromatic hydroxyl groups is 1. The summed E-state index contributed by atoms with van der Waals surface area (Å²) < 4.78 is 6.54. The highest BCUT2D eigenvalue weighted by Crippen LogP contribution is 2.52. The molecule has 0 saturated heterocycles. The molecule has 1 heterocycles. The molecule has 2 unspecified atom stereocenters. The molecule has 2 N–H and O–H groups in total. The number of thioether (sulfide) groups is 1. The summed E-state index contributed by atoms with van der Waals surface area (Å²) in [6.07, 6.45) is 4.10. The van der Waals surface area contributed by atoms with Gasteiger partial charge in [0.25, 0.3) is 0 Å². The van der Waals surface area contributed by atoms with Crippen LogP contribution in [0.25, 0.3) is 0 Å². The molecule has 1 aromatic rings. The number of fused-ring (bicyclic) bond motifs is 1. The Morgan fingerprint density at radius 1 is 1.29 bits per heavy atom. The molecule has 3 rings (SSSR count). The minimum atomic E-state index is -0.764. The van der Waals surface area contributed by atoms with Crippen LogP contribution in [-0.2, 0) is 11.2 Å². The van der Waals surface area contributed by atoms with E-state index in [0.717, 1.165) is 53.0 Å². The summed E-state index contributed by atoms with van der Waals surface area (Å²) in [6, 6.07) is 0. The number of carboxylic acid groups (broad SMARTS) is 1. The summed E-state index contributed by atoms with van der Waals surface area (Å²) in [4.78, 5) is 11.1. The number of aliphatic carboxylic acids is 1. The van der Waals surface area contributed by atoms with Crippen molar-refractivity contribution in [2.24, 2.45) is 5.92 Å². The molecular formula is C19H26O4S. The first-order valence-electron chi connectivity index (χ1n) is 8.62. The molecule has 1 aromatic carbocycles. The van der Waals surface area contributed by atoms with Gasteiger partial charge < -0.3 is 14.9 Å². The van der Waals surface area contributed by atoms with Gasteiger partial charge in [-0.1, -0.05) is 0 Å². The number of ether oxygens (including phenoxy) is 1. The second-order valence-electron chi connectivity index (χ2n) is 7.27. The van der Waals surface area contributed by atoms with Crippen LogP contribution in [0, 0.1) is 26.7 Å². The Morgan fingerprint density at radius 3 is 2.50 bits per heavy atom. The fourth-order valence-electron chi connectivity index (χ4n) is 3.85. The fourth-order valence-corrected chi connectivity index (χ4v) is 4.93. The average molecular weight is 350 g/mol. The second-order valence-corrected chi connectivity index (χ2v) is 8.64. The predicted molar refractivity (Wildman–Crippen MR) is 96.3 cm³/mol. The quantitative estimate of drug-likeness (QED) is 0.859. The Balaban J connectivity index is 1.92. The fraction of sp³-hybridized carbons (Fsp3) is 0.632. The van der Waals surface area contributed by atoms with Crippen LogP contribution in [0.5, 0.6) is 11.5 Å². The van der Waals surface area contributed by atoms with Crippen molar-refractivity contribution in [3.63, 3.8) is 0 Å². The van der Waals surface area contributed by atoms with E-state index in [2.05, 4.69) is 0 Å². The Morgan fingerprint density at radius 2 is 1.96 bits per heavy atom. The number of carbonyl (C=O) groups is 1. The molecule has 1 fully saturated rings. The van der Waals surface area contributed by atoms with Gasteiger partial charge in [-0.2, -0.15) is 0 Å². The summed E-state index contributed by atoms with van der Waals surface area (Å²) in [5.41, 5.74) is 3.79. The van der Waals surface area contributed by atoms with Gasteiger partial charge in [-0.15, -0.1) is 11.8 Å². The number of benzene rings is 1. The summed E-state index contributed by atoms with van der Waals surface area (Å²) in [7, 11) is 0. The maximum Gasteiger partial charge on any atom is 0.316 e. The van der Waals surface area contributed by atoms with Crippen molar-refractivity contribution < 1.29 is 19.7 Å². The maximum absolute atomic E-state index is 11.1. The molecular weight excluding hydrogens is 324 g/mol. The Labute approximate surface area is 147 Å². The zero-order valence-corrected chi connectivity index (χ0v) is 15.6. The highest BCUT2D eigenvalue weighted by atomic mass is 32.2. The first-order valence-corrected chi connectivity index (χ1v) is 9.66. The van der Waals surface area contributed by atoms with E-state index in [4.69, 9.17) is 9.84 Å². The Hall–Kier alpha value is -1.36. The van der Waals surface area contributed by atoms with Gasteiger partial charge in [0.2, 0.25) is 0 Å². The van der Waals surface area contributed by atoms with Gasteiger partial charge in [0.15, 0.2) is 0 Å². The highest BCUT2D eigenvalue weighted by molar-refractivity contribution is 8.00. The van der Waals surface area contributed by atoms with Gasteiger partial charge >= 0.3 is 5.97 Å². The van der Waals surface area contributed by atoms with E-state index in [9.17, 15) is 9.90 Å². The van der Waals surface area contributed by atoms with Crippen molar-refractivity contribution in [2.75, 3.05) is 5.75 Å². The van der Waals surface area contributed by atoms with E-state index < -0.39 is 11.2 Å². The molecule has 1 aliphatic carbocycles. The standard InChI is InChI=1S/C19H26O4S/c1-10-11(2)17-15(12(3)16(10)20)8-14(9-24-13(4)18(21)22)19(23-17)6-5-7-19/h13-14,20H,5-9H2,1-4H3,(H,21,22). The minimum Gasteiger partial charge on any atom is -0.507 e. The molecule has 0 radical (unpaired) electrons. The van der Waals surface area contributed by atoms with E-state index in [-0.39, 0.29) is 5.60 Å². The number of phenols is 1. The van der Waals surface area contributed by atoms with E-state index in [0.29, 0.717) is 11.7 Å². The van der Waals surface area contributed by atoms with Crippen LogP contribution >= 0.6 is 11.8 Å². The normalized spacial score (nSPS) is 22.4. The summed E-state index contributed by atoms with van der Waals surface area (Å²) in [6.45, 7) is 7.64. The predicted octanol–water partition coefficient (Wildman–Crippen LogP) is 4.00. The van der Waals surface area contributed by atoms with Gasteiger partial charge in [0.1, 0.15) is 17.1 Å². The topological polar surface area (TPSA) is 66.8 Å². The highest BCUT2D eigenvalue weighted by Gasteiger charge is 2.50. The molecule has 1 spiro atoms. The van der Waals surface area contributed by atoms with Gasteiger partial charge in [0, 0.05) is 17.2 Å². The van der Waals surface area contributed by atoms with Crippen molar-refractivity contribution in [3.8, 4) is 11.5 Å². The first-order chi connectivity index (χ1) is 11.3. The van der Waals surface area contributed by atoms with E-state index in [1.807, 2.05) is 20.8 Å². The van der Waals surface area contributed by atoms with Gasteiger partial charge in [-0.05, 0) is 70.1 Å². The van der Waals surface area contributed by atoms with E-state index in [1.54, 1.807) is 6.92 Å². The van der Waals surface area contributed by atoms with Gasteiger partial charge in [-0.25, -0.2) is 0 Å². The molecule has 132 valence electrons. The Bertz CT molecular complexity index is 679. The number of hydrogen-bond donors (Lipinski definition) is 2. The zero-order valence-electron chi connectivity index (χ0n) is 14.8. The molecule has 1 aliphatic heterocycles. The summed E-state index contributed by atoms with van der Waals surface area (Å²) >= 11 is 1.49. The molecule has 0 bridgehead atoms. The van der Waals surface area contributed by atoms with Gasteiger partial charge in [0.05, 0.1) is 5.25 Å². The lowest BCUT2D eigenvalue weighted by Gasteiger charge is -2.51. The molecule has 0 amide bonds. The zero-order chi connectivity index (χ0) is 17.6. The van der Waals surface area contributed by atoms with Crippen molar-refractivity contribution in [1.29, 1.82) is 0 Å². The second kappa shape index (κ2) is 6.17. The van der Waals surface area contributed by atoms with E-state index in [1.165, 1.54) is 18.2 Å². The first kappa shape index (κ1) is 17.5. The van der Waals surface area contributed by atoms with Crippen molar-refractivity contribution in [3.05, 3.63) is 22.3 Å². The van der Waals surface area contributed by atoms with Crippen LogP contribution in [0.3, 0.4) is 0 Å². The van der Waals surface area contributed by atoms with Crippen LogP contribution in [0.1, 0.15) is 48.4 Å². The van der Waals surface area contributed by atoms with Crippen LogP contribution < -0.4 is 4.74 Å². The third-order valence-corrected chi connectivity index (χ3v) is 7.23. The summed E-state index contributed by atoms with van der Waals surface area (Å²) in [5, 5.41) is 19.1. The number of phenolic OH excluding ortho intramolecular Hbond substituents is 1.